The van der Waals surface area contributed by atoms with Gasteiger partial charge in [-0.2, -0.15) is 0 Å². The summed E-state index contributed by atoms with van der Waals surface area (Å²) < 4.78 is 7.81. The van der Waals surface area contributed by atoms with Gasteiger partial charge >= 0.3 is 0 Å². The van der Waals surface area contributed by atoms with Gasteiger partial charge in [0.05, 0.1) is 6.10 Å². The van der Waals surface area contributed by atoms with Crippen molar-refractivity contribution in [3.63, 3.8) is 0 Å². The first-order valence-corrected chi connectivity index (χ1v) is 6.70. The van der Waals surface area contributed by atoms with Gasteiger partial charge in [-0.25, -0.2) is 0 Å². The third kappa shape index (κ3) is 2.28. The van der Waals surface area contributed by atoms with E-state index >= 15 is 0 Å². The Morgan fingerprint density at radius 2 is 2.28 bits per heavy atom. The highest BCUT2D eigenvalue weighted by molar-refractivity contribution is 5.83. The van der Waals surface area contributed by atoms with Crippen molar-refractivity contribution < 1.29 is 4.74 Å². The van der Waals surface area contributed by atoms with Gasteiger partial charge in [-0.15, -0.1) is 0 Å². The number of nitrogens with one attached hydrogen (secondary N) is 1. The number of nitrogens with zero attached hydrogens (tertiary/aromatic N) is 1. The van der Waals surface area contributed by atoms with Crippen molar-refractivity contribution in [2.45, 2.75) is 25.5 Å². The topological polar surface area (TPSA) is 26.2 Å². The molecule has 1 aromatic carbocycles. The molecule has 1 saturated heterocycles. The standard InChI is InChI=1S/C15H20N2O/c1-17-11-12(14-6-2-3-7-15(14)17)9-16-10-13-5-4-8-18-13/h2-3,6-7,11,13,16H,4-5,8-10H2,1H3/t13-/m1/s1. The zero-order valence-corrected chi connectivity index (χ0v) is 10.9. The lowest BCUT2D eigenvalue weighted by atomic mass is 10.1. The summed E-state index contributed by atoms with van der Waals surface area (Å²) in [5, 5.41) is 4.86. The number of ether oxygens (including phenoxy) is 1. The lowest BCUT2D eigenvalue weighted by molar-refractivity contribution is 0.110. The summed E-state index contributed by atoms with van der Waals surface area (Å²) in [5.41, 5.74) is 2.66. The van der Waals surface area contributed by atoms with Crippen molar-refractivity contribution in [3.05, 3.63) is 36.0 Å². The van der Waals surface area contributed by atoms with E-state index in [4.69, 9.17) is 4.74 Å². The van der Waals surface area contributed by atoms with Crippen LogP contribution in [0.25, 0.3) is 10.9 Å². The minimum absolute atomic E-state index is 0.417. The Labute approximate surface area is 108 Å². The zero-order valence-electron chi connectivity index (χ0n) is 10.9. The molecule has 0 bridgehead atoms. The van der Waals surface area contributed by atoms with Gasteiger partial charge in [0.15, 0.2) is 0 Å². The number of aromatic nitrogens is 1. The van der Waals surface area contributed by atoms with Gasteiger partial charge in [-0.1, -0.05) is 18.2 Å². The van der Waals surface area contributed by atoms with Crippen LogP contribution in [0.5, 0.6) is 0 Å². The maximum atomic E-state index is 5.62. The van der Waals surface area contributed by atoms with E-state index in [-0.39, 0.29) is 0 Å². The van der Waals surface area contributed by atoms with Crippen LogP contribution in [0.1, 0.15) is 18.4 Å². The first-order valence-electron chi connectivity index (χ1n) is 6.70. The van der Waals surface area contributed by atoms with E-state index in [1.807, 2.05) is 0 Å². The summed E-state index contributed by atoms with van der Waals surface area (Å²) in [6, 6.07) is 8.55. The highest BCUT2D eigenvalue weighted by Crippen LogP contribution is 2.20. The van der Waals surface area contributed by atoms with Crippen molar-refractivity contribution in [1.82, 2.24) is 9.88 Å². The second kappa shape index (κ2) is 5.12. The summed E-state index contributed by atoms with van der Waals surface area (Å²) in [6.45, 7) is 2.81. The third-order valence-electron chi connectivity index (χ3n) is 3.69. The molecule has 3 rings (SSSR count). The van der Waals surface area contributed by atoms with Crippen LogP contribution in [0.4, 0.5) is 0 Å². The number of fused-ring (bicyclic) bond motifs is 1. The molecule has 2 heterocycles. The van der Waals surface area contributed by atoms with E-state index in [9.17, 15) is 0 Å². The molecule has 3 nitrogen and oxygen atoms in total. The van der Waals surface area contributed by atoms with Crippen LogP contribution >= 0.6 is 0 Å². The van der Waals surface area contributed by atoms with E-state index in [1.165, 1.54) is 29.3 Å². The van der Waals surface area contributed by atoms with E-state index in [0.29, 0.717) is 6.10 Å². The van der Waals surface area contributed by atoms with Gasteiger partial charge in [0, 0.05) is 43.8 Å². The summed E-state index contributed by atoms with van der Waals surface area (Å²) >= 11 is 0. The van der Waals surface area contributed by atoms with E-state index in [2.05, 4.69) is 47.4 Å². The minimum Gasteiger partial charge on any atom is -0.377 e. The molecule has 0 aliphatic carbocycles. The van der Waals surface area contributed by atoms with Crippen LogP contribution < -0.4 is 5.32 Å². The highest BCUT2D eigenvalue weighted by Gasteiger charge is 2.14. The van der Waals surface area contributed by atoms with Gasteiger partial charge in [0.25, 0.3) is 0 Å². The van der Waals surface area contributed by atoms with Crippen molar-refractivity contribution in [2.75, 3.05) is 13.2 Å². The maximum absolute atomic E-state index is 5.62. The van der Waals surface area contributed by atoms with E-state index in [0.717, 1.165) is 19.7 Å². The molecule has 1 N–H and O–H groups in total. The van der Waals surface area contributed by atoms with Gasteiger partial charge < -0.3 is 14.6 Å². The van der Waals surface area contributed by atoms with Gasteiger partial charge in [0.2, 0.25) is 0 Å². The minimum atomic E-state index is 0.417. The van der Waals surface area contributed by atoms with E-state index < -0.39 is 0 Å². The Balaban J connectivity index is 1.67. The molecule has 1 aromatic heterocycles. The van der Waals surface area contributed by atoms with Crippen LogP contribution in [-0.2, 0) is 18.3 Å². The first-order chi connectivity index (χ1) is 8.84. The van der Waals surface area contributed by atoms with Crippen LogP contribution in [0.15, 0.2) is 30.5 Å². The number of para-hydroxylation sites is 1. The Kier molecular flexibility index (Phi) is 3.35. The molecule has 3 heteroatoms. The fourth-order valence-corrected chi connectivity index (χ4v) is 2.74. The average Bonchev–Trinajstić information content (AvgIpc) is 3.00. The Bertz CT molecular complexity index is 526. The molecule has 0 spiro atoms. The van der Waals surface area contributed by atoms with Crippen LogP contribution in [0, 0.1) is 0 Å². The molecule has 0 unspecified atom stereocenters. The maximum Gasteiger partial charge on any atom is 0.0700 e. The molecule has 0 radical (unpaired) electrons. The molecule has 1 aliphatic heterocycles. The Morgan fingerprint density at radius 1 is 1.39 bits per heavy atom. The number of hydrogen-bond donors (Lipinski definition) is 1. The number of aryl methyl sites for hydroxylation is 1. The highest BCUT2D eigenvalue weighted by atomic mass is 16.5. The molecule has 2 aromatic rings. The molecule has 18 heavy (non-hydrogen) atoms. The number of hydrogen-bond acceptors (Lipinski definition) is 2. The normalized spacial score (nSPS) is 19.7. The molecule has 96 valence electrons. The van der Waals surface area contributed by atoms with Gasteiger partial charge in [-0.05, 0) is 24.5 Å². The Morgan fingerprint density at radius 3 is 3.11 bits per heavy atom. The predicted molar refractivity (Wildman–Crippen MR) is 73.6 cm³/mol. The van der Waals surface area contributed by atoms with Gasteiger partial charge in [0.1, 0.15) is 0 Å². The number of rotatable bonds is 4. The molecular weight excluding hydrogens is 224 g/mol. The van der Waals surface area contributed by atoms with Crippen LogP contribution in [0.2, 0.25) is 0 Å². The van der Waals surface area contributed by atoms with Crippen LogP contribution in [-0.4, -0.2) is 23.8 Å². The van der Waals surface area contributed by atoms with Crippen molar-refractivity contribution >= 4 is 10.9 Å². The second-order valence-corrected chi connectivity index (χ2v) is 5.05. The second-order valence-electron chi connectivity index (χ2n) is 5.05. The summed E-state index contributed by atoms with van der Waals surface area (Å²) in [4.78, 5) is 0. The smallest absolute Gasteiger partial charge is 0.0700 e. The van der Waals surface area contributed by atoms with Crippen molar-refractivity contribution in [3.8, 4) is 0 Å². The SMILES string of the molecule is Cn1cc(CNC[C@H]2CCCO2)c2ccccc21. The molecule has 1 fully saturated rings. The molecule has 1 aliphatic rings. The van der Waals surface area contributed by atoms with Crippen molar-refractivity contribution in [1.29, 1.82) is 0 Å². The quantitative estimate of drug-likeness (QED) is 0.894. The van der Waals surface area contributed by atoms with Crippen LogP contribution in [0.3, 0.4) is 0 Å². The lowest BCUT2D eigenvalue weighted by Gasteiger charge is -2.10. The number of benzene rings is 1. The lowest BCUT2D eigenvalue weighted by Crippen LogP contribution is -2.25. The summed E-state index contributed by atoms with van der Waals surface area (Å²) in [5.74, 6) is 0. The third-order valence-corrected chi connectivity index (χ3v) is 3.69. The Hall–Kier alpha value is -1.32. The average molecular weight is 244 g/mol. The monoisotopic (exact) mass is 244 g/mol. The van der Waals surface area contributed by atoms with Gasteiger partial charge in [-0.3, -0.25) is 0 Å². The predicted octanol–water partition coefficient (Wildman–Crippen LogP) is 2.45. The molecule has 0 amide bonds. The largest absolute Gasteiger partial charge is 0.377 e. The fraction of sp³-hybridized carbons (Fsp3) is 0.467. The summed E-state index contributed by atoms with van der Waals surface area (Å²) in [6.07, 6.45) is 5.04. The summed E-state index contributed by atoms with van der Waals surface area (Å²) in [7, 11) is 2.10. The molecule has 1 atom stereocenters. The fourth-order valence-electron chi connectivity index (χ4n) is 2.74. The zero-order chi connectivity index (χ0) is 12.4. The molecular formula is C15H20N2O. The molecule has 0 saturated carbocycles. The van der Waals surface area contributed by atoms with E-state index in [1.54, 1.807) is 0 Å². The van der Waals surface area contributed by atoms with Crippen molar-refractivity contribution in [2.24, 2.45) is 7.05 Å². The first kappa shape index (κ1) is 11.8.